The monoisotopic (exact) mass is 311 g/mol. The summed E-state index contributed by atoms with van der Waals surface area (Å²) in [6.45, 7) is 0. The van der Waals surface area contributed by atoms with Gasteiger partial charge in [-0.05, 0) is 48.8 Å². The average molecular weight is 311 g/mol. The number of nitrogens with zero attached hydrogens (tertiary/aromatic N) is 2. The smallest absolute Gasteiger partial charge is 0.252 e. The van der Waals surface area contributed by atoms with E-state index in [0.717, 1.165) is 24.0 Å². The number of ether oxygens (including phenoxy) is 1. The zero-order valence-corrected chi connectivity index (χ0v) is 13.3. The van der Waals surface area contributed by atoms with Crippen LogP contribution >= 0.6 is 0 Å². The highest BCUT2D eigenvalue weighted by Gasteiger charge is 2.49. The van der Waals surface area contributed by atoms with Crippen LogP contribution in [0.5, 0.6) is 5.75 Å². The van der Waals surface area contributed by atoms with Crippen molar-refractivity contribution in [3.63, 3.8) is 0 Å². The van der Waals surface area contributed by atoms with Crippen LogP contribution in [0.3, 0.4) is 0 Å². The quantitative estimate of drug-likeness (QED) is 0.944. The van der Waals surface area contributed by atoms with Crippen LogP contribution in [-0.4, -0.2) is 21.8 Å². The van der Waals surface area contributed by atoms with Gasteiger partial charge < -0.3 is 10.5 Å². The lowest BCUT2D eigenvalue weighted by Gasteiger charge is -2.53. The highest BCUT2D eigenvalue weighted by Crippen LogP contribution is 2.56. The second-order valence-corrected chi connectivity index (χ2v) is 6.98. The molecule has 0 aliphatic heterocycles. The van der Waals surface area contributed by atoms with Crippen LogP contribution in [0.4, 0.5) is 0 Å². The van der Waals surface area contributed by atoms with E-state index in [1.807, 2.05) is 25.4 Å². The van der Waals surface area contributed by atoms with E-state index < -0.39 is 5.91 Å². The Kier molecular flexibility index (Phi) is 3.18. The summed E-state index contributed by atoms with van der Waals surface area (Å²) < 4.78 is 7.87. The van der Waals surface area contributed by atoms with Gasteiger partial charge in [0.25, 0.3) is 5.91 Å². The fraction of sp³-hybridized carbons (Fsp3) is 0.444. The largest absolute Gasteiger partial charge is 0.490 e. The number of carbonyl (C=O) groups is 1. The summed E-state index contributed by atoms with van der Waals surface area (Å²) in [5, 5.41) is 4.19. The van der Waals surface area contributed by atoms with Gasteiger partial charge in [-0.2, -0.15) is 5.10 Å². The Morgan fingerprint density at radius 3 is 2.70 bits per heavy atom. The Balaban J connectivity index is 1.59. The molecule has 2 aliphatic carbocycles. The molecule has 2 fully saturated rings. The second-order valence-electron chi connectivity index (χ2n) is 6.98. The van der Waals surface area contributed by atoms with E-state index in [1.165, 1.54) is 19.3 Å². The number of hydrogen-bond acceptors (Lipinski definition) is 3. The number of aromatic nitrogens is 2. The average Bonchev–Trinajstić information content (AvgIpc) is 2.86. The summed E-state index contributed by atoms with van der Waals surface area (Å²) in [6, 6.07) is 5.54. The van der Waals surface area contributed by atoms with Gasteiger partial charge in [0, 0.05) is 18.8 Å². The molecule has 2 aromatic rings. The number of amides is 1. The molecule has 0 bridgehead atoms. The number of carbonyl (C=O) groups excluding carboxylic acids is 1. The highest BCUT2D eigenvalue weighted by molar-refractivity contribution is 5.96. The van der Waals surface area contributed by atoms with E-state index in [1.54, 1.807) is 16.9 Å². The maximum atomic E-state index is 11.7. The van der Waals surface area contributed by atoms with E-state index in [-0.39, 0.29) is 6.10 Å². The third kappa shape index (κ3) is 2.50. The third-order valence-electron chi connectivity index (χ3n) is 5.31. The molecule has 2 aliphatic rings. The normalized spacial score (nSPS) is 19.2. The van der Waals surface area contributed by atoms with Gasteiger partial charge in [-0.1, -0.05) is 12.5 Å². The number of aryl methyl sites for hydroxylation is 1. The summed E-state index contributed by atoms with van der Waals surface area (Å²) in [7, 11) is 1.88. The molecule has 1 spiro atoms. The van der Waals surface area contributed by atoms with Crippen molar-refractivity contribution in [1.82, 2.24) is 9.78 Å². The molecule has 5 heteroatoms. The van der Waals surface area contributed by atoms with Crippen LogP contribution in [0, 0.1) is 5.41 Å². The summed E-state index contributed by atoms with van der Waals surface area (Å²) in [5.41, 5.74) is 8.47. The van der Waals surface area contributed by atoms with Gasteiger partial charge >= 0.3 is 0 Å². The second kappa shape index (κ2) is 5.11. The molecule has 23 heavy (non-hydrogen) atoms. The van der Waals surface area contributed by atoms with Gasteiger partial charge in [0.15, 0.2) is 0 Å². The van der Waals surface area contributed by atoms with Gasteiger partial charge in [-0.3, -0.25) is 9.48 Å². The van der Waals surface area contributed by atoms with E-state index in [4.69, 9.17) is 10.5 Å². The summed E-state index contributed by atoms with van der Waals surface area (Å²) in [4.78, 5) is 11.7. The van der Waals surface area contributed by atoms with Crippen LogP contribution in [0.2, 0.25) is 0 Å². The highest BCUT2D eigenvalue weighted by atomic mass is 16.5. The Hall–Kier alpha value is -2.30. The first-order chi connectivity index (χ1) is 11.0. The molecular formula is C18H21N3O2. The lowest BCUT2D eigenvalue weighted by Crippen LogP contribution is -2.48. The number of primary amides is 1. The Morgan fingerprint density at radius 2 is 2.13 bits per heavy atom. The first kappa shape index (κ1) is 14.3. The first-order valence-electron chi connectivity index (χ1n) is 8.14. The first-order valence-corrected chi connectivity index (χ1v) is 8.14. The number of nitrogens with two attached hydrogens (primary N) is 1. The maximum Gasteiger partial charge on any atom is 0.252 e. The predicted molar refractivity (Wildman–Crippen MR) is 87.1 cm³/mol. The molecule has 5 nitrogen and oxygen atoms in total. The molecule has 1 amide bonds. The number of benzene rings is 1. The fourth-order valence-electron chi connectivity index (χ4n) is 3.83. The molecule has 4 rings (SSSR count). The molecule has 0 saturated heterocycles. The van der Waals surface area contributed by atoms with E-state index in [0.29, 0.717) is 16.7 Å². The summed E-state index contributed by atoms with van der Waals surface area (Å²) in [6.07, 6.45) is 10.1. The minimum atomic E-state index is -0.449. The molecule has 0 atom stereocenters. The van der Waals surface area contributed by atoms with Gasteiger partial charge in [-0.25, -0.2) is 0 Å². The molecule has 1 aromatic carbocycles. The number of hydrogen-bond donors (Lipinski definition) is 1. The predicted octanol–water partition coefficient (Wildman–Crippen LogP) is 2.90. The Morgan fingerprint density at radius 1 is 1.35 bits per heavy atom. The van der Waals surface area contributed by atoms with Crippen molar-refractivity contribution < 1.29 is 9.53 Å². The van der Waals surface area contributed by atoms with E-state index in [2.05, 4.69) is 5.10 Å². The summed E-state index contributed by atoms with van der Waals surface area (Å²) >= 11 is 0. The molecular weight excluding hydrogens is 290 g/mol. The van der Waals surface area contributed by atoms with Gasteiger partial charge in [0.1, 0.15) is 5.75 Å². The van der Waals surface area contributed by atoms with Crippen LogP contribution < -0.4 is 10.5 Å². The van der Waals surface area contributed by atoms with E-state index in [9.17, 15) is 4.79 Å². The maximum absolute atomic E-state index is 11.7. The minimum Gasteiger partial charge on any atom is -0.490 e. The fourth-order valence-corrected chi connectivity index (χ4v) is 3.83. The van der Waals surface area contributed by atoms with Crippen molar-refractivity contribution in [2.75, 3.05) is 0 Å². The van der Waals surface area contributed by atoms with Crippen molar-refractivity contribution in [3.8, 4) is 16.9 Å². The number of rotatable bonds is 4. The van der Waals surface area contributed by atoms with Gasteiger partial charge in [0.05, 0.1) is 17.9 Å². The Labute approximate surface area is 135 Å². The zero-order chi connectivity index (χ0) is 16.0. The molecule has 2 N–H and O–H groups in total. The van der Waals surface area contributed by atoms with Crippen LogP contribution in [0.25, 0.3) is 11.1 Å². The van der Waals surface area contributed by atoms with Crippen molar-refractivity contribution in [2.45, 2.75) is 38.2 Å². The van der Waals surface area contributed by atoms with Crippen LogP contribution in [-0.2, 0) is 7.05 Å². The van der Waals surface area contributed by atoms with Crippen molar-refractivity contribution >= 4 is 5.91 Å². The van der Waals surface area contributed by atoms with Gasteiger partial charge in [-0.15, -0.1) is 0 Å². The summed E-state index contributed by atoms with van der Waals surface area (Å²) in [5.74, 6) is 0.147. The Bertz CT molecular complexity index is 753. The topological polar surface area (TPSA) is 70.1 Å². The van der Waals surface area contributed by atoms with Crippen molar-refractivity contribution in [1.29, 1.82) is 0 Å². The molecule has 120 valence electrons. The molecule has 0 radical (unpaired) electrons. The van der Waals surface area contributed by atoms with Crippen LogP contribution in [0.15, 0.2) is 30.6 Å². The van der Waals surface area contributed by atoms with Crippen molar-refractivity contribution in [3.05, 3.63) is 36.2 Å². The van der Waals surface area contributed by atoms with Gasteiger partial charge in [0.2, 0.25) is 0 Å². The van der Waals surface area contributed by atoms with E-state index >= 15 is 0 Å². The molecule has 0 unspecified atom stereocenters. The van der Waals surface area contributed by atoms with Crippen LogP contribution in [0.1, 0.15) is 42.5 Å². The minimum absolute atomic E-state index is 0.206. The standard InChI is InChI=1S/C18H21N3O2/c1-21-11-13(10-20-21)12-3-4-15(17(19)22)16(7-12)23-14-8-18(9-14)5-2-6-18/h3-4,7,10-11,14H,2,5-6,8-9H2,1H3,(H2,19,22). The lowest BCUT2D eigenvalue weighted by atomic mass is 9.55. The SMILES string of the molecule is Cn1cc(-c2ccc(C(N)=O)c(OC3CC4(CCC4)C3)c2)cn1. The third-order valence-corrected chi connectivity index (χ3v) is 5.31. The molecule has 1 aromatic heterocycles. The lowest BCUT2D eigenvalue weighted by molar-refractivity contribution is -0.0682. The zero-order valence-electron chi connectivity index (χ0n) is 13.3. The molecule has 1 heterocycles. The molecule has 2 saturated carbocycles. The van der Waals surface area contributed by atoms with Crippen molar-refractivity contribution in [2.24, 2.45) is 18.2 Å².